The molecular weight excluding hydrogens is 202 g/mol. The Morgan fingerprint density at radius 1 is 1.27 bits per heavy atom. The second kappa shape index (κ2) is 2.52. The molecule has 11 heavy (non-hydrogen) atoms. The van der Waals surface area contributed by atoms with Crippen LogP contribution >= 0.6 is 15.9 Å². The molecule has 1 aromatic rings. The van der Waals surface area contributed by atoms with Gasteiger partial charge in [0.2, 0.25) is 0 Å². The van der Waals surface area contributed by atoms with Crippen LogP contribution in [0.1, 0.15) is 17.5 Å². The number of nitrogens with two attached hydrogens (primary N) is 1. The van der Waals surface area contributed by atoms with Crippen LogP contribution in [-0.2, 0) is 12.8 Å². The average Bonchev–Trinajstić information content (AvgIpc) is 2.34. The van der Waals surface area contributed by atoms with E-state index in [0.717, 1.165) is 5.69 Å². The lowest BCUT2D eigenvalue weighted by molar-refractivity contribution is 0.910. The van der Waals surface area contributed by atoms with E-state index in [1.54, 1.807) is 0 Å². The molecule has 2 rings (SSSR count). The van der Waals surface area contributed by atoms with Crippen molar-refractivity contribution in [3.8, 4) is 0 Å². The minimum atomic E-state index is 0.873. The van der Waals surface area contributed by atoms with Crippen molar-refractivity contribution in [2.45, 2.75) is 19.3 Å². The molecule has 1 aromatic carbocycles. The molecule has 0 heterocycles. The predicted molar refractivity (Wildman–Crippen MR) is 50.6 cm³/mol. The van der Waals surface area contributed by atoms with Gasteiger partial charge in [-0.25, -0.2) is 0 Å². The Labute approximate surface area is 74.7 Å². The van der Waals surface area contributed by atoms with Gasteiger partial charge in [-0.3, -0.25) is 0 Å². The molecule has 1 aliphatic carbocycles. The summed E-state index contributed by atoms with van der Waals surface area (Å²) >= 11 is 3.52. The van der Waals surface area contributed by atoms with Crippen molar-refractivity contribution >= 4 is 21.6 Å². The largest absolute Gasteiger partial charge is 0.399 e. The minimum absolute atomic E-state index is 0.873. The highest BCUT2D eigenvalue weighted by molar-refractivity contribution is 9.10. The van der Waals surface area contributed by atoms with E-state index in [4.69, 9.17) is 5.73 Å². The Morgan fingerprint density at radius 2 is 2.09 bits per heavy atom. The van der Waals surface area contributed by atoms with Crippen LogP contribution in [0.4, 0.5) is 5.69 Å². The number of anilines is 1. The first-order valence-electron chi connectivity index (χ1n) is 3.84. The van der Waals surface area contributed by atoms with Crippen LogP contribution in [0.25, 0.3) is 0 Å². The molecule has 1 aliphatic rings. The highest BCUT2D eigenvalue weighted by Crippen LogP contribution is 2.31. The molecule has 0 atom stereocenters. The number of halogens is 1. The molecule has 0 spiro atoms. The molecule has 0 bridgehead atoms. The zero-order valence-electron chi connectivity index (χ0n) is 6.23. The highest BCUT2D eigenvalue weighted by atomic mass is 79.9. The van der Waals surface area contributed by atoms with Gasteiger partial charge in [0.05, 0.1) is 0 Å². The van der Waals surface area contributed by atoms with E-state index in [2.05, 4.69) is 22.0 Å². The van der Waals surface area contributed by atoms with Crippen LogP contribution < -0.4 is 5.73 Å². The van der Waals surface area contributed by atoms with Gasteiger partial charge in [-0.05, 0) is 42.5 Å². The van der Waals surface area contributed by atoms with Gasteiger partial charge in [0.15, 0.2) is 0 Å². The zero-order valence-corrected chi connectivity index (χ0v) is 7.82. The predicted octanol–water partition coefficient (Wildman–Crippen LogP) is 2.52. The maximum absolute atomic E-state index is 5.70. The van der Waals surface area contributed by atoms with Crippen molar-refractivity contribution in [2.24, 2.45) is 0 Å². The van der Waals surface area contributed by atoms with Crippen molar-refractivity contribution in [1.29, 1.82) is 0 Å². The fourth-order valence-corrected chi connectivity index (χ4v) is 2.39. The number of aryl methyl sites for hydroxylation is 1. The van der Waals surface area contributed by atoms with Gasteiger partial charge in [-0.1, -0.05) is 15.9 Å². The monoisotopic (exact) mass is 211 g/mol. The standard InChI is InChI=1S/C9H10BrN/c10-9-5-7(11)4-6-2-1-3-8(6)9/h4-5H,1-3,11H2. The van der Waals surface area contributed by atoms with Crippen molar-refractivity contribution in [2.75, 3.05) is 5.73 Å². The SMILES string of the molecule is Nc1cc(Br)c2c(c1)CCC2. The third-order valence-corrected chi connectivity index (χ3v) is 2.89. The summed E-state index contributed by atoms with van der Waals surface area (Å²) in [5, 5.41) is 0. The summed E-state index contributed by atoms with van der Waals surface area (Å²) in [6, 6.07) is 4.08. The van der Waals surface area contributed by atoms with Crippen LogP contribution in [-0.4, -0.2) is 0 Å². The first-order chi connectivity index (χ1) is 5.27. The second-order valence-corrected chi connectivity index (χ2v) is 3.85. The third kappa shape index (κ3) is 1.16. The van der Waals surface area contributed by atoms with Gasteiger partial charge in [0.25, 0.3) is 0 Å². The van der Waals surface area contributed by atoms with Gasteiger partial charge < -0.3 is 5.73 Å². The third-order valence-electron chi connectivity index (χ3n) is 2.18. The number of fused-ring (bicyclic) bond motifs is 1. The first kappa shape index (κ1) is 7.17. The fraction of sp³-hybridized carbons (Fsp3) is 0.333. The van der Waals surface area contributed by atoms with Crippen LogP contribution in [0.3, 0.4) is 0 Å². The molecule has 0 amide bonds. The van der Waals surface area contributed by atoms with Gasteiger partial charge >= 0.3 is 0 Å². The van der Waals surface area contributed by atoms with Crippen LogP contribution in [0.5, 0.6) is 0 Å². The summed E-state index contributed by atoms with van der Waals surface area (Å²) in [6.07, 6.45) is 3.67. The first-order valence-corrected chi connectivity index (χ1v) is 4.63. The van der Waals surface area contributed by atoms with Crippen molar-refractivity contribution in [3.05, 3.63) is 27.7 Å². The van der Waals surface area contributed by atoms with E-state index in [0.29, 0.717) is 0 Å². The summed E-state index contributed by atoms with van der Waals surface area (Å²) in [7, 11) is 0. The molecule has 0 radical (unpaired) electrons. The quantitative estimate of drug-likeness (QED) is 0.657. The van der Waals surface area contributed by atoms with E-state index in [-0.39, 0.29) is 0 Å². The molecule has 58 valence electrons. The molecule has 0 aromatic heterocycles. The van der Waals surface area contributed by atoms with E-state index >= 15 is 0 Å². The van der Waals surface area contributed by atoms with Crippen molar-refractivity contribution in [1.82, 2.24) is 0 Å². The molecule has 0 fully saturated rings. The lowest BCUT2D eigenvalue weighted by atomic mass is 10.1. The van der Waals surface area contributed by atoms with Gasteiger partial charge in [-0.2, -0.15) is 0 Å². The normalized spacial score (nSPS) is 15.0. The Bertz CT molecular complexity index is 294. The maximum Gasteiger partial charge on any atom is 0.0328 e. The van der Waals surface area contributed by atoms with Gasteiger partial charge in [0, 0.05) is 10.2 Å². The van der Waals surface area contributed by atoms with Gasteiger partial charge in [0.1, 0.15) is 0 Å². The smallest absolute Gasteiger partial charge is 0.0328 e. The summed E-state index contributed by atoms with van der Waals surface area (Å²) in [5.74, 6) is 0. The fourth-order valence-electron chi connectivity index (χ4n) is 1.68. The second-order valence-electron chi connectivity index (χ2n) is 2.99. The van der Waals surface area contributed by atoms with E-state index < -0.39 is 0 Å². The van der Waals surface area contributed by atoms with Crippen LogP contribution in [0, 0.1) is 0 Å². The summed E-state index contributed by atoms with van der Waals surface area (Å²) < 4.78 is 1.19. The molecule has 0 saturated heterocycles. The molecule has 2 N–H and O–H groups in total. The average molecular weight is 212 g/mol. The lowest BCUT2D eigenvalue weighted by Gasteiger charge is -2.02. The van der Waals surface area contributed by atoms with Gasteiger partial charge in [-0.15, -0.1) is 0 Å². The Balaban J connectivity index is 2.60. The molecule has 1 nitrogen and oxygen atoms in total. The Hall–Kier alpha value is -0.500. The van der Waals surface area contributed by atoms with E-state index in [1.165, 1.54) is 34.9 Å². The van der Waals surface area contributed by atoms with Crippen molar-refractivity contribution < 1.29 is 0 Å². The molecular formula is C9H10BrN. The molecule has 0 unspecified atom stereocenters. The number of hydrogen-bond donors (Lipinski definition) is 1. The summed E-state index contributed by atoms with van der Waals surface area (Å²) in [4.78, 5) is 0. The summed E-state index contributed by atoms with van der Waals surface area (Å²) in [6.45, 7) is 0. The zero-order chi connectivity index (χ0) is 7.84. The number of hydrogen-bond acceptors (Lipinski definition) is 1. The Morgan fingerprint density at radius 3 is 2.91 bits per heavy atom. The number of rotatable bonds is 0. The molecule has 2 heteroatoms. The van der Waals surface area contributed by atoms with E-state index in [1.807, 2.05) is 6.07 Å². The molecule has 0 saturated carbocycles. The lowest BCUT2D eigenvalue weighted by Crippen LogP contribution is -1.89. The topological polar surface area (TPSA) is 26.0 Å². The minimum Gasteiger partial charge on any atom is -0.399 e. The van der Waals surface area contributed by atoms with E-state index in [9.17, 15) is 0 Å². The summed E-state index contributed by atoms with van der Waals surface area (Å²) in [5.41, 5.74) is 9.46. The maximum atomic E-state index is 5.70. The number of nitrogen functional groups attached to an aromatic ring is 1. The number of benzene rings is 1. The van der Waals surface area contributed by atoms with Crippen LogP contribution in [0.15, 0.2) is 16.6 Å². The van der Waals surface area contributed by atoms with Crippen LogP contribution in [0.2, 0.25) is 0 Å². The Kier molecular flexibility index (Phi) is 1.64. The highest BCUT2D eigenvalue weighted by Gasteiger charge is 2.13. The van der Waals surface area contributed by atoms with Crippen molar-refractivity contribution in [3.63, 3.8) is 0 Å². The molecule has 0 aliphatic heterocycles.